The smallest absolute Gasteiger partial charge is 0.334 e. The van der Waals surface area contributed by atoms with Crippen LogP contribution in [0.1, 0.15) is 0 Å². The van der Waals surface area contributed by atoms with Crippen LogP contribution in [0.5, 0.6) is 11.5 Å². The van der Waals surface area contributed by atoms with Gasteiger partial charge in [0.15, 0.2) is 11.5 Å². The Bertz CT molecular complexity index is 732. The normalized spacial score (nSPS) is 12.7. The van der Waals surface area contributed by atoms with E-state index in [1.54, 1.807) is 18.2 Å². The molecule has 0 unspecified atom stereocenters. The van der Waals surface area contributed by atoms with Gasteiger partial charge in [0.25, 0.3) is 5.56 Å². The number of nitrogen functional groups attached to an aromatic ring is 1. The highest BCUT2D eigenvalue weighted by molar-refractivity contribution is 5.52. The highest BCUT2D eigenvalue weighted by atomic mass is 16.7. The molecule has 0 saturated carbocycles. The van der Waals surface area contributed by atoms with E-state index in [1.807, 2.05) is 0 Å². The van der Waals surface area contributed by atoms with E-state index in [-0.39, 0.29) is 12.6 Å². The summed E-state index contributed by atoms with van der Waals surface area (Å²) in [6.07, 6.45) is 0. The van der Waals surface area contributed by atoms with Crippen LogP contribution in [0.3, 0.4) is 0 Å². The number of benzene rings is 1. The van der Waals surface area contributed by atoms with E-state index in [4.69, 9.17) is 15.2 Å². The van der Waals surface area contributed by atoms with Gasteiger partial charge in [0.05, 0.1) is 5.69 Å². The Labute approximate surface area is 100 Å². The molecule has 1 aliphatic heterocycles. The number of nitrogens with zero attached hydrogens (tertiary/aromatic N) is 1. The molecule has 0 spiro atoms. The fourth-order valence-electron chi connectivity index (χ4n) is 1.80. The maximum Gasteiger partial charge on any atom is 0.334 e. The first-order valence-corrected chi connectivity index (χ1v) is 5.17. The molecule has 0 saturated heterocycles. The minimum absolute atomic E-state index is 0.0580. The molecule has 3 rings (SSSR count). The molecule has 0 atom stereocenters. The average molecular weight is 247 g/mol. The lowest BCUT2D eigenvalue weighted by atomic mass is 10.2. The van der Waals surface area contributed by atoms with Crippen LogP contribution < -0.4 is 26.5 Å². The zero-order valence-electron chi connectivity index (χ0n) is 9.17. The SMILES string of the molecule is Nc1cc(=O)[nH]c(=O)n1-c1ccc2c(c1)OCO2. The van der Waals surface area contributed by atoms with Gasteiger partial charge in [0.1, 0.15) is 5.82 Å². The summed E-state index contributed by atoms with van der Waals surface area (Å²) in [4.78, 5) is 25.0. The van der Waals surface area contributed by atoms with Crippen LogP contribution in [0.25, 0.3) is 5.69 Å². The number of hydrogen-bond acceptors (Lipinski definition) is 5. The predicted octanol–water partition coefficient (Wildman–Crippen LogP) is -0.163. The van der Waals surface area contributed by atoms with Crippen molar-refractivity contribution in [2.24, 2.45) is 0 Å². The van der Waals surface area contributed by atoms with E-state index in [2.05, 4.69) is 4.98 Å². The van der Waals surface area contributed by atoms with Gasteiger partial charge in [-0.2, -0.15) is 0 Å². The van der Waals surface area contributed by atoms with E-state index >= 15 is 0 Å². The van der Waals surface area contributed by atoms with E-state index < -0.39 is 11.2 Å². The number of anilines is 1. The topological polar surface area (TPSA) is 99.3 Å². The molecule has 2 heterocycles. The van der Waals surface area contributed by atoms with E-state index in [1.165, 1.54) is 4.57 Å². The summed E-state index contributed by atoms with van der Waals surface area (Å²) in [6, 6.07) is 6.10. The standard InChI is InChI=1S/C11H9N3O4/c12-9-4-10(15)13-11(16)14(9)6-1-2-7-8(3-6)18-5-17-7/h1-4H,5,12H2,(H,13,15,16). The highest BCUT2D eigenvalue weighted by Gasteiger charge is 2.15. The fraction of sp³-hybridized carbons (Fsp3) is 0.0909. The number of rotatable bonds is 1. The Hall–Kier alpha value is -2.70. The number of H-pyrrole nitrogens is 1. The van der Waals surface area contributed by atoms with Crippen LogP contribution in [0.4, 0.5) is 5.82 Å². The maximum absolute atomic E-state index is 11.7. The third-order valence-electron chi connectivity index (χ3n) is 2.58. The van der Waals surface area contributed by atoms with Gasteiger partial charge >= 0.3 is 5.69 Å². The van der Waals surface area contributed by atoms with E-state index in [0.717, 1.165) is 6.07 Å². The average Bonchev–Trinajstić information content (AvgIpc) is 2.74. The Morgan fingerprint density at radius 2 is 1.94 bits per heavy atom. The number of aromatic nitrogens is 2. The molecule has 0 bridgehead atoms. The van der Waals surface area contributed by atoms with E-state index in [0.29, 0.717) is 17.2 Å². The van der Waals surface area contributed by atoms with Crippen molar-refractivity contribution >= 4 is 5.82 Å². The zero-order chi connectivity index (χ0) is 12.7. The lowest BCUT2D eigenvalue weighted by Crippen LogP contribution is -2.30. The minimum atomic E-state index is -0.598. The van der Waals surface area contributed by atoms with Gasteiger partial charge in [-0.05, 0) is 12.1 Å². The summed E-state index contributed by atoms with van der Waals surface area (Å²) in [6.45, 7) is 0.148. The Kier molecular flexibility index (Phi) is 2.12. The van der Waals surface area contributed by atoms with Crippen molar-refractivity contribution in [2.45, 2.75) is 0 Å². The zero-order valence-corrected chi connectivity index (χ0v) is 9.17. The Balaban J connectivity index is 2.22. The summed E-state index contributed by atoms with van der Waals surface area (Å²) in [5.74, 6) is 1.20. The lowest BCUT2D eigenvalue weighted by molar-refractivity contribution is 0.174. The summed E-state index contributed by atoms with van der Waals surface area (Å²) in [5, 5.41) is 0. The van der Waals surface area contributed by atoms with Crippen molar-refractivity contribution in [1.82, 2.24) is 9.55 Å². The first-order chi connectivity index (χ1) is 8.65. The molecule has 7 nitrogen and oxygen atoms in total. The number of nitrogens with two attached hydrogens (primary N) is 1. The Morgan fingerprint density at radius 1 is 1.17 bits per heavy atom. The molecule has 0 amide bonds. The molecule has 3 N–H and O–H groups in total. The van der Waals surface area contributed by atoms with Crippen LogP contribution in [0.15, 0.2) is 33.9 Å². The van der Waals surface area contributed by atoms with Crippen molar-refractivity contribution in [3.8, 4) is 17.2 Å². The molecule has 1 aromatic carbocycles. The van der Waals surface area contributed by atoms with Crippen molar-refractivity contribution in [3.05, 3.63) is 45.1 Å². The van der Waals surface area contributed by atoms with Crippen LogP contribution in [0.2, 0.25) is 0 Å². The molecule has 1 aliphatic rings. The molecule has 7 heteroatoms. The summed E-state index contributed by atoms with van der Waals surface area (Å²) >= 11 is 0. The third kappa shape index (κ3) is 1.53. The quantitative estimate of drug-likeness (QED) is 0.729. The van der Waals surface area contributed by atoms with Gasteiger partial charge < -0.3 is 15.2 Å². The van der Waals surface area contributed by atoms with Gasteiger partial charge in [-0.25, -0.2) is 9.36 Å². The molecule has 0 aliphatic carbocycles. The molecular formula is C11H9N3O4. The molecule has 0 radical (unpaired) electrons. The second kappa shape index (κ2) is 3.66. The van der Waals surface area contributed by atoms with Gasteiger partial charge in [-0.3, -0.25) is 9.78 Å². The van der Waals surface area contributed by atoms with Gasteiger partial charge in [0.2, 0.25) is 6.79 Å². The fourth-order valence-corrected chi connectivity index (χ4v) is 1.80. The molecule has 92 valence electrons. The first kappa shape index (κ1) is 10.5. The van der Waals surface area contributed by atoms with Crippen molar-refractivity contribution < 1.29 is 9.47 Å². The second-order valence-electron chi connectivity index (χ2n) is 3.74. The second-order valence-corrected chi connectivity index (χ2v) is 3.74. The van der Waals surface area contributed by atoms with Crippen LogP contribution in [-0.2, 0) is 0 Å². The van der Waals surface area contributed by atoms with Crippen LogP contribution in [0, 0.1) is 0 Å². The molecular weight excluding hydrogens is 238 g/mol. The first-order valence-electron chi connectivity index (χ1n) is 5.17. The van der Waals surface area contributed by atoms with E-state index in [9.17, 15) is 9.59 Å². The van der Waals surface area contributed by atoms with Crippen molar-refractivity contribution in [3.63, 3.8) is 0 Å². The Morgan fingerprint density at radius 3 is 2.72 bits per heavy atom. The van der Waals surface area contributed by atoms with Crippen molar-refractivity contribution in [2.75, 3.05) is 12.5 Å². The number of fused-ring (bicyclic) bond motifs is 1. The van der Waals surface area contributed by atoms with Crippen LogP contribution >= 0.6 is 0 Å². The van der Waals surface area contributed by atoms with Crippen LogP contribution in [-0.4, -0.2) is 16.3 Å². The minimum Gasteiger partial charge on any atom is -0.454 e. The summed E-state index contributed by atoms with van der Waals surface area (Å²) < 4.78 is 11.6. The van der Waals surface area contributed by atoms with Gasteiger partial charge in [-0.1, -0.05) is 0 Å². The van der Waals surface area contributed by atoms with Gasteiger partial charge in [0, 0.05) is 12.1 Å². The predicted molar refractivity (Wildman–Crippen MR) is 63.2 cm³/mol. The monoisotopic (exact) mass is 247 g/mol. The number of hydrogen-bond donors (Lipinski definition) is 2. The summed E-state index contributed by atoms with van der Waals surface area (Å²) in [7, 11) is 0. The lowest BCUT2D eigenvalue weighted by Gasteiger charge is -2.08. The summed E-state index contributed by atoms with van der Waals surface area (Å²) in [5.41, 5.74) is 5.04. The molecule has 18 heavy (non-hydrogen) atoms. The third-order valence-corrected chi connectivity index (χ3v) is 2.58. The number of nitrogens with one attached hydrogen (secondary N) is 1. The van der Waals surface area contributed by atoms with Crippen molar-refractivity contribution in [1.29, 1.82) is 0 Å². The molecule has 2 aromatic rings. The highest BCUT2D eigenvalue weighted by Crippen LogP contribution is 2.33. The number of aromatic amines is 1. The number of ether oxygens (including phenoxy) is 2. The maximum atomic E-state index is 11.7. The molecule has 1 aromatic heterocycles. The molecule has 0 fully saturated rings. The largest absolute Gasteiger partial charge is 0.454 e. The van der Waals surface area contributed by atoms with Gasteiger partial charge in [-0.15, -0.1) is 0 Å².